The van der Waals surface area contributed by atoms with Crippen LogP contribution < -0.4 is 9.64 Å². The van der Waals surface area contributed by atoms with E-state index in [9.17, 15) is 9.18 Å². The average molecular weight is 273 g/mol. The summed E-state index contributed by atoms with van der Waals surface area (Å²) in [5.74, 6) is 0.386. The highest BCUT2D eigenvalue weighted by Gasteiger charge is 2.06. The summed E-state index contributed by atoms with van der Waals surface area (Å²) in [5.41, 5.74) is 2.08. The first-order valence-electron chi connectivity index (χ1n) is 6.22. The number of ether oxygens (including phenoxy) is 1. The van der Waals surface area contributed by atoms with Crippen LogP contribution in [0.15, 0.2) is 42.5 Å². The highest BCUT2D eigenvalue weighted by atomic mass is 19.1. The normalized spacial score (nSPS) is 10.2. The maximum absolute atomic E-state index is 13.4. The predicted molar refractivity (Wildman–Crippen MR) is 76.9 cm³/mol. The van der Waals surface area contributed by atoms with Crippen LogP contribution in [0.1, 0.15) is 15.9 Å². The number of nitrogens with zero attached hydrogens (tertiary/aromatic N) is 1. The van der Waals surface area contributed by atoms with Crippen molar-refractivity contribution < 1.29 is 13.9 Å². The molecule has 0 heterocycles. The van der Waals surface area contributed by atoms with Gasteiger partial charge in [0, 0.05) is 24.8 Å². The van der Waals surface area contributed by atoms with Crippen molar-refractivity contribution in [3.05, 3.63) is 59.4 Å². The van der Waals surface area contributed by atoms with Crippen molar-refractivity contribution in [3.8, 4) is 5.75 Å². The lowest BCUT2D eigenvalue weighted by molar-refractivity contribution is 0.112. The second-order valence-electron chi connectivity index (χ2n) is 4.56. The second kappa shape index (κ2) is 6.19. The number of anilines is 1. The fourth-order valence-electron chi connectivity index (χ4n) is 1.98. The van der Waals surface area contributed by atoms with Gasteiger partial charge < -0.3 is 9.64 Å². The van der Waals surface area contributed by atoms with E-state index in [1.807, 2.05) is 36.2 Å². The van der Waals surface area contributed by atoms with Gasteiger partial charge in [-0.3, -0.25) is 4.79 Å². The van der Waals surface area contributed by atoms with Crippen LogP contribution in [0.4, 0.5) is 10.1 Å². The van der Waals surface area contributed by atoms with Crippen LogP contribution in [0.25, 0.3) is 0 Å². The molecule has 0 radical (unpaired) electrons. The molecule has 0 aliphatic rings. The highest BCUT2D eigenvalue weighted by molar-refractivity contribution is 5.77. The van der Waals surface area contributed by atoms with Gasteiger partial charge in [-0.25, -0.2) is 4.39 Å². The molecule has 4 heteroatoms. The molecule has 0 saturated heterocycles. The lowest BCUT2D eigenvalue weighted by Gasteiger charge is -2.20. The Kier molecular flexibility index (Phi) is 4.35. The van der Waals surface area contributed by atoms with Crippen molar-refractivity contribution in [1.82, 2.24) is 0 Å². The number of hydrogen-bond donors (Lipinski definition) is 0. The van der Waals surface area contributed by atoms with Crippen molar-refractivity contribution in [2.45, 2.75) is 6.54 Å². The van der Waals surface area contributed by atoms with E-state index in [0.29, 0.717) is 24.1 Å². The molecule has 3 nitrogen and oxygen atoms in total. The van der Waals surface area contributed by atoms with Gasteiger partial charge in [-0.2, -0.15) is 0 Å². The van der Waals surface area contributed by atoms with E-state index in [4.69, 9.17) is 4.74 Å². The molecule has 0 saturated carbocycles. The van der Waals surface area contributed by atoms with Crippen LogP contribution >= 0.6 is 0 Å². The Morgan fingerprint density at radius 2 is 1.90 bits per heavy atom. The Bertz CT molecular complexity index is 596. The standard InChI is InChI=1S/C16H16FNO2/c1-18(10-12-3-5-16(20-2)6-4-12)15-8-13(11-19)7-14(17)9-15/h3-9,11H,10H2,1-2H3. The number of methoxy groups -OCH3 is 1. The van der Waals surface area contributed by atoms with Crippen molar-refractivity contribution in [2.75, 3.05) is 19.1 Å². The third kappa shape index (κ3) is 3.35. The molecule has 0 atom stereocenters. The van der Waals surface area contributed by atoms with E-state index in [1.165, 1.54) is 12.1 Å². The van der Waals surface area contributed by atoms with Crippen LogP contribution in [0.3, 0.4) is 0 Å². The lowest BCUT2D eigenvalue weighted by Crippen LogP contribution is -2.16. The number of rotatable bonds is 5. The summed E-state index contributed by atoms with van der Waals surface area (Å²) in [5, 5.41) is 0. The molecule has 104 valence electrons. The van der Waals surface area contributed by atoms with Crippen molar-refractivity contribution in [1.29, 1.82) is 0 Å². The molecule has 0 amide bonds. The van der Waals surface area contributed by atoms with Crippen LogP contribution in [-0.2, 0) is 6.54 Å². The zero-order chi connectivity index (χ0) is 14.5. The second-order valence-corrected chi connectivity index (χ2v) is 4.56. The van der Waals surface area contributed by atoms with Gasteiger partial charge in [0.25, 0.3) is 0 Å². The van der Waals surface area contributed by atoms with Gasteiger partial charge >= 0.3 is 0 Å². The number of carbonyl (C=O) groups is 1. The summed E-state index contributed by atoms with van der Waals surface area (Å²) < 4.78 is 18.5. The third-order valence-corrected chi connectivity index (χ3v) is 3.06. The number of aldehydes is 1. The maximum Gasteiger partial charge on any atom is 0.150 e. The summed E-state index contributed by atoms with van der Waals surface area (Å²) in [7, 11) is 3.47. The zero-order valence-corrected chi connectivity index (χ0v) is 11.5. The van der Waals surface area contributed by atoms with E-state index >= 15 is 0 Å². The third-order valence-electron chi connectivity index (χ3n) is 3.06. The van der Waals surface area contributed by atoms with E-state index in [-0.39, 0.29) is 0 Å². The molecule has 0 aliphatic heterocycles. The Morgan fingerprint density at radius 1 is 1.20 bits per heavy atom. The number of halogens is 1. The molecule has 2 rings (SSSR count). The van der Waals surface area contributed by atoms with Crippen LogP contribution in [-0.4, -0.2) is 20.4 Å². The monoisotopic (exact) mass is 273 g/mol. The first-order valence-corrected chi connectivity index (χ1v) is 6.22. The molecule has 0 spiro atoms. The highest BCUT2D eigenvalue weighted by Crippen LogP contribution is 2.20. The Labute approximate surface area is 117 Å². The quantitative estimate of drug-likeness (QED) is 0.783. The van der Waals surface area contributed by atoms with E-state index in [2.05, 4.69) is 0 Å². The van der Waals surface area contributed by atoms with E-state index in [1.54, 1.807) is 13.2 Å². The summed E-state index contributed by atoms with van der Waals surface area (Å²) in [4.78, 5) is 12.7. The van der Waals surface area contributed by atoms with Crippen LogP contribution in [0.5, 0.6) is 5.75 Å². The average Bonchev–Trinajstić information content (AvgIpc) is 2.47. The molecular formula is C16H16FNO2. The minimum absolute atomic E-state index is 0.335. The minimum atomic E-state index is -0.411. The van der Waals surface area contributed by atoms with Crippen LogP contribution in [0.2, 0.25) is 0 Å². The molecular weight excluding hydrogens is 257 g/mol. The first kappa shape index (κ1) is 14.1. The summed E-state index contributed by atoms with van der Waals surface area (Å²) in [6.07, 6.45) is 0.647. The molecule has 2 aromatic carbocycles. The summed E-state index contributed by atoms with van der Waals surface area (Å²) in [6, 6.07) is 12.0. The Morgan fingerprint density at radius 3 is 2.50 bits per heavy atom. The van der Waals surface area contributed by atoms with Gasteiger partial charge in [0.05, 0.1) is 7.11 Å². The Hall–Kier alpha value is -2.36. The van der Waals surface area contributed by atoms with E-state index in [0.717, 1.165) is 11.3 Å². The van der Waals surface area contributed by atoms with E-state index < -0.39 is 5.82 Å². The maximum atomic E-state index is 13.4. The van der Waals surface area contributed by atoms with Crippen molar-refractivity contribution in [2.24, 2.45) is 0 Å². The molecule has 0 aromatic heterocycles. The summed E-state index contributed by atoms with van der Waals surface area (Å²) >= 11 is 0. The Balaban J connectivity index is 2.16. The van der Waals surface area contributed by atoms with Gasteiger partial charge in [-0.15, -0.1) is 0 Å². The lowest BCUT2D eigenvalue weighted by atomic mass is 10.1. The van der Waals surface area contributed by atoms with Crippen LogP contribution in [0, 0.1) is 5.82 Å². The van der Waals surface area contributed by atoms with Gasteiger partial charge in [0.2, 0.25) is 0 Å². The fourth-order valence-corrected chi connectivity index (χ4v) is 1.98. The molecule has 20 heavy (non-hydrogen) atoms. The largest absolute Gasteiger partial charge is 0.497 e. The summed E-state index contributed by atoms with van der Waals surface area (Å²) in [6.45, 7) is 0.617. The van der Waals surface area contributed by atoms with Gasteiger partial charge in [0.15, 0.2) is 0 Å². The smallest absolute Gasteiger partial charge is 0.150 e. The molecule has 0 bridgehead atoms. The minimum Gasteiger partial charge on any atom is -0.497 e. The molecule has 0 fully saturated rings. The number of benzene rings is 2. The number of hydrogen-bond acceptors (Lipinski definition) is 3. The predicted octanol–water partition coefficient (Wildman–Crippen LogP) is 3.28. The molecule has 0 N–H and O–H groups in total. The zero-order valence-electron chi connectivity index (χ0n) is 11.5. The SMILES string of the molecule is COc1ccc(CN(C)c2cc(F)cc(C=O)c2)cc1. The van der Waals surface area contributed by atoms with Gasteiger partial charge in [-0.05, 0) is 35.9 Å². The fraction of sp³-hybridized carbons (Fsp3) is 0.188. The van der Waals surface area contributed by atoms with Gasteiger partial charge in [-0.1, -0.05) is 12.1 Å². The van der Waals surface area contributed by atoms with Gasteiger partial charge in [0.1, 0.15) is 17.9 Å². The topological polar surface area (TPSA) is 29.5 Å². The van der Waals surface area contributed by atoms with Crippen molar-refractivity contribution >= 4 is 12.0 Å². The number of carbonyl (C=O) groups excluding carboxylic acids is 1. The molecule has 0 unspecified atom stereocenters. The molecule has 2 aromatic rings. The first-order chi connectivity index (χ1) is 9.62. The molecule has 0 aliphatic carbocycles. The van der Waals surface area contributed by atoms with Crippen molar-refractivity contribution in [3.63, 3.8) is 0 Å².